The Labute approximate surface area is 184 Å². The number of thioether (sulfide) groups is 1. The largest absolute Gasteiger partial charge is 0.325 e. The van der Waals surface area contributed by atoms with Crippen LogP contribution in [-0.2, 0) is 17.8 Å². The van der Waals surface area contributed by atoms with Gasteiger partial charge in [0, 0.05) is 24.7 Å². The number of nitrogens with zero attached hydrogens (tertiary/aromatic N) is 4. The zero-order valence-electron chi connectivity index (χ0n) is 17.0. The molecule has 1 heterocycles. The molecule has 0 bridgehead atoms. The van der Waals surface area contributed by atoms with Crippen molar-refractivity contribution in [3.63, 3.8) is 0 Å². The van der Waals surface area contributed by atoms with Crippen LogP contribution >= 0.6 is 23.4 Å². The van der Waals surface area contributed by atoms with Crippen molar-refractivity contribution >= 4 is 40.6 Å². The van der Waals surface area contributed by atoms with E-state index in [0.717, 1.165) is 31.1 Å². The van der Waals surface area contributed by atoms with Gasteiger partial charge in [0.05, 0.1) is 10.7 Å². The summed E-state index contributed by atoms with van der Waals surface area (Å²) in [6.07, 6.45) is 8.69. The van der Waals surface area contributed by atoms with Crippen molar-refractivity contribution < 1.29 is 9.72 Å². The summed E-state index contributed by atoms with van der Waals surface area (Å²) in [6, 6.07) is 4.19. The number of rotatable bonds is 9. The third-order valence-electron chi connectivity index (χ3n) is 5.37. The molecule has 162 valence electrons. The third-order valence-corrected chi connectivity index (χ3v) is 6.66. The van der Waals surface area contributed by atoms with Gasteiger partial charge in [-0.1, -0.05) is 55.5 Å². The summed E-state index contributed by atoms with van der Waals surface area (Å²) in [4.78, 5) is 22.7. The number of nitrogens with one attached hydrogen (secondary N) is 1. The van der Waals surface area contributed by atoms with E-state index in [0.29, 0.717) is 10.8 Å². The molecule has 0 radical (unpaired) electrons. The van der Waals surface area contributed by atoms with Gasteiger partial charge in [-0.25, -0.2) is 0 Å². The fourth-order valence-corrected chi connectivity index (χ4v) is 4.80. The van der Waals surface area contributed by atoms with Crippen LogP contribution in [-0.4, -0.2) is 31.3 Å². The Morgan fingerprint density at radius 1 is 1.33 bits per heavy atom. The van der Waals surface area contributed by atoms with Crippen molar-refractivity contribution in [2.75, 3.05) is 11.1 Å². The normalized spacial score (nSPS) is 14.6. The van der Waals surface area contributed by atoms with Crippen molar-refractivity contribution in [2.45, 2.75) is 63.6 Å². The molecular formula is C20H26ClN5O3S. The highest BCUT2D eigenvalue weighted by Gasteiger charge is 2.18. The van der Waals surface area contributed by atoms with E-state index in [2.05, 4.69) is 20.1 Å². The molecule has 0 unspecified atom stereocenters. The molecule has 0 atom stereocenters. The molecule has 8 nitrogen and oxygen atoms in total. The minimum atomic E-state index is -0.578. The molecule has 1 N–H and O–H groups in total. The number of aromatic nitrogens is 3. The first kappa shape index (κ1) is 22.6. The van der Waals surface area contributed by atoms with E-state index in [1.807, 2.05) is 6.92 Å². The zero-order valence-corrected chi connectivity index (χ0v) is 18.5. The summed E-state index contributed by atoms with van der Waals surface area (Å²) in [5.74, 6) is 1.62. The smallest absolute Gasteiger partial charge is 0.289 e. The number of hydrogen-bond acceptors (Lipinski definition) is 6. The second-order valence-corrected chi connectivity index (χ2v) is 8.80. The van der Waals surface area contributed by atoms with Crippen molar-refractivity contribution in [2.24, 2.45) is 5.92 Å². The zero-order chi connectivity index (χ0) is 21.5. The van der Waals surface area contributed by atoms with E-state index in [1.54, 1.807) is 0 Å². The van der Waals surface area contributed by atoms with E-state index in [1.165, 1.54) is 62.1 Å². The van der Waals surface area contributed by atoms with Crippen LogP contribution in [0.4, 0.5) is 11.4 Å². The molecule has 1 amide bonds. The van der Waals surface area contributed by atoms with Crippen LogP contribution in [0.2, 0.25) is 5.02 Å². The molecule has 1 saturated carbocycles. The Bertz CT molecular complexity index is 899. The van der Waals surface area contributed by atoms with Gasteiger partial charge in [-0.05, 0) is 31.4 Å². The second kappa shape index (κ2) is 10.8. The second-order valence-electron chi connectivity index (χ2n) is 7.45. The van der Waals surface area contributed by atoms with Gasteiger partial charge in [-0.2, -0.15) is 0 Å². The number of amides is 1. The van der Waals surface area contributed by atoms with Crippen LogP contribution < -0.4 is 5.32 Å². The third kappa shape index (κ3) is 5.95. The van der Waals surface area contributed by atoms with Gasteiger partial charge in [0.15, 0.2) is 5.16 Å². The van der Waals surface area contributed by atoms with Crippen LogP contribution in [0.25, 0.3) is 0 Å². The van der Waals surface area contributed by atoms with Gasteiger partial charge >= 0.3 is 0 Å². The van der Waals surface area contributed by atoms with Crippen LogP contribution in [0.15, 0.2) is 23.4 Å². The van der Waals surface area contributed by atoms with E-state index in [4.69, 9.17) is 11.6 Å². The summed E-state index contributed by atoms with van der Waals surface area (Å²) in [6.45, 7) is 2.80. The quantitative estimate of drug-likeness (QED) is 0.323. The van der Waals surface area contributed by atoms with Crippen LogP contribution in [0.5, 0.6) is 0 Å². The molecule has 30 heavy (non-hydrogen) atoms. The number of aryl methyl sites for hydroxylation is 1. The van der Waals surface area contributed by atoms with Crippen molar-refractivity contribution in [1.29, 1.82) is 0 Å². The molecule has 1 aliphatic carbocycles. The average Bonchev–Trinajstić information content (AvgIpc) is 3.14. The lowest BCUT2D eigenvalue weighted by atomic mass is 9.86. The number of halogens is 1. The number of carbonyl (C=O) groups is 1. The summed E-state index contributed by atoms with van der Waals surface area (Å²) < 4.78 is 2.06. The average molecular weight is 452 g/mol. The lowest BCUT2D eigenvalue weighted by Crippen LogP contribution is -2.15. The molecule has 1 fully saturated rings. The highest BCUT2D eigenvalue weighted by atomic mass is 35.5. The Kier molecular flexibility index (Phi) is 8.09. The fourth-order valence-electron chi connectivity index (χ4n) is 3.79. The maximum atomic E-state index is 12.3. The highest BCUT2D eigenvalue weighted by molar-refractivity contribution is 7.99. The van der Waals surface area contributed by atoms with Crippen LogP contribution in [0, 0.1) is 16.0 Å². The van der Waals surface area contributed by atoms with Gasteiger partial charge in [0.25, 0.3) is 5.69 Å². The van der Waals surface area contributed by atoms with Crippen LogP contribution in [0.1, 0.15) is 51.3 Å². The first-order valence-electron chi connectivity index (χ1n) is 10.3. The Morgan fingerprint density at radius 2 is 2.10 bits per heavy atom. The minimum absolute atomic E-state index is 0.0316. The molecular weight excluding hydrogens is 426 g/mol. The van der Waals surface area contributed by atoms with Crippen molar-refractivity contribution in [3.8, 4) is 0 Å². The minimum Gasteiger partial charge on any atom is -0.325 e. The van der Waals surface area contributed by atoms with Gasteiger partial charge < -0.3 is 9.88 Å². The molecule has 2 aromatic rings. The molecule has 10 heteroatoms. The van der Waals surface area contributed by atoms with Crippen molar-refractivity contribution in [1.82, 2.24) is 14.8 Å². The molecule has 1 aromatic heterocycles. The molecule has 1 aromatic carbocycles. The van der Waals surface area contributed by atoms with E-state index < -0.39 is 4.92 Å². The Hall–Kier alpha value is -2.13. The SMILES string of the molecule is CCn1c(CCC2CCCCC2)nnc1SCC(=O)Nc1ccc(Cl)c([N+](=O)[O-])c1. The summed E-state index contributed by atoms with van der Waals surface area (Å²) >= 11 is 7.12. The number of hydrogen-bond donors (Lipinski definition) is 1. The summed E-state index contributed by atoms with van der Waals surface area (Å²) in [5.41, 5.74) is 0.0947. The van der Waals surface area contributed by atoms with E-state index in [-0.39, 0.29) is 22.4 Å². The van der Waals surface area contributed by atoms with Gasteiger partial charge in [0.1, 0.15) is 10.8 Å². The number of benzene rings is 1. The maximum Gasteiger partial charge on any atom is 0.289 e. The van der Waals surface area contributed by atoms with Gasteiger partial charge in [-0.15, -0.1) is 10.2 Å². The maximum absolute atomic E-state index is 12.3. The van der Waals surface area contributed by atoms with Gasteiger partial charge in [0.2, 0.25) is 5.91 Å². The lowest BCUT2D eigenvalue weighted by Gasteiger charge is -2.21. The first-order valence-corrected chi connectivity index (χ1v) is 11.6. The molecule has 3 rings (SSSR count). The summed E-state index contributed by atoms with van der Waals surface area (Å²) in [5, 5.41) is 23.0. The number of nitro benzene ring substituents is 1. The van der Waals surface area contributed by atoms with E-state index >= 15 is 0 Å². The number of anilines is 1. The highest BCUT2D eigenvalue weighted by Crippen LogP contribution is 2.29. The predicted octanol–water partition coefficient (Wildman–Crippen LogP) is 5.10. The lowest BCUT2D eigenvalue weighted by molar-refractivity contribution is -0.384. The Morgan fingerprint density at radius 3 is 2.80 bits per heavy atom. The van der Waals surface area contributed by atoms with Gasteiger partial charge in [-0.3, -0.25) is 14.9 Å². The molecule has 0 spiro atoms. The summed E-state index contributed by atoms with van der Waals surface area (Å²) in [7, 11) is 0. The molecule has 0 aliphatic heterocycles. The topological polar surface area (TPSA) is 103 Å². The molecule has 1 aliphatic rings. The predicted molar refractivity (Wildman–Crippen MR) is 118 cm³/mol. The first-order chi connectivity index (χ1) is 14.5. The molecule has 0 saturated heterocycles. The standard InChI is InChI=1S/C20H26ClN5O3S/c1-2-25-18(11-8-14-6-4-3-5-7-14)23-24-20(25)30-13-19(27)22-15-9-10-16(21)17(12-15)26(28)29/h9-10,12,14H,2-8,11,13H2,1H3,(H,22,27). The van der Waals surface area contributed by atoms with E-state index in [9.17, 15) is 14.9 Å². The number of nitro groups is 1. The Balaban J connectivity index is 1.55. The van der Waals surface area contributed by atoms with Crippen molar-refractivity contribution in [3.05, 3.63) is 39.2 Å². The monoisotopic (exact) mass is 451 g/mol. The fraction of sp³-hybridized carbons (Fsp3) is 0.550. The van der Waals surface area contributed by atoms with Crippen LogP contribution in [0.3, 0.4) is 0 Å². The number of carbonyl (C=O) groups excluding carboxylic acids is 1.